The lowest BCUT2D eigenvalue weighted by molar-refractivity contribution is -0.173. The molecule has 17 heteroatoms. The topological polar surface area (TPSA) is 216 Å². The SMILES string of the molecule is CCOC(=O)C(C)N[P@](=O)(OC[C@@]1(C#N)O[C@@H](c2ccc3c(N)ncnn23)[C@H](OC(=O)C(C)C)[C@@H]1OC(=O)C(C)C)Oc1ccccc1. The van der Waals surface area contributed by atoms with Crippen LogP contribution in [0.4, 0.5) is 5.82 Å². The molecule has 1 fully saturated rings. The van der Waals surface area contributed by atoms with Crippen molar-refractivity contribution in [1.29, 1.82) is 5.26 Å². The van der Waals surface area contributed by atoms with E-state index in [1.807, 2.05) is 6.07 Å². The van der Waals surface area contributed by atoms with Crippen LogP contribution in [0.25, 0.3) is 5.52 Å². The number of nitrogens with two attached hydrogens (primary N) is 1. The molecule has 3 aromatic rings. The first-order chi connectivity index (χ1) is 22.7. The Labute approximate surface area is 277 Å². The van der Waals surface area contributed by atoms with Crippen LogP contribution < -0.4 is 15.3 Å². The number of anilines is 1. The molecule has 2 aromatic heterocycles. The Balaban J connectivity index is 1.80. The molecule has 0 radical (unpaired) electrons. The summed E-state index contributed by atoms with van der Waals surface area (Å²) in [6, 6.07) is 12.0. The van der Waals surface area contributed by atoms with E-state index in [2.05, 4.69) is 15.2 Å². The number of hydrogen-bond acceptors (Lipinski definition) is 14. The zero-order chi connectivity index (χ0) is 35.2. The van der Waals surface area contributed by atoms with Crippen LogP contribution in [0.5, 0.6) is 5.75 Å². The van der Waals surface area contributed by atoms with E-state index in [1.165, 1.54) is 29.9 Å². The fourth-order valence-electron chi connectivity index (χ4n) is 4.71. The number of carbonyl (C=O) groups is 3. The number of hydrogen-bond donors (Lipinski definition) is 2. The summed E-state index contributed by atoms with van der Waals surface area (Å²) in [5, 5.41) is 17.5. The van der Waals surface area contributed by atoms with Crippen LogP contribution in [0.3, 0.4) is 0 Å². The fourth-order valence-corrected chi connectivity index (χ4v) is 6.23. The molecular weight excluding hydrogens is 647 g/mol. The molecule has 258 valence electrons. The maximum absolute atomic E-state index is 14.3. The summed E-state index contributed by atoms with van der Waals surface area (Å²) in [7, 11) is -4.52. The molecule has 6 atom stereocenters. The molecule has 0 saturated carbocycles. The summed E-state index contributed by atoms with van der Waals surface area (Å²) >= 11 is 0. The zero-order valence-corrected chi connectivity index (χ0v) is 28.3. The highest BCUT2D eigenvalue weighted by atomic mass is 31.2. The first-order valence-corrected chi connectivity index (χ1v) is 16.8. The summed E-state index contributed by atoms with van der Waals surface area (Å²) in [5.41, 5.74) is 4.47. The Hall–Kier alpha value is -4.55. The lowest BCUT2D eigenvalue weighted by Crippen LogP contribution is -2.50. The van der Waals surface area contributed by atoms with Gasteiger partial charge in [-0.25, -0.2) is 14.1 Å². The predicted octanol–water partition coefficient (Wildman–Crippen LogP) is 3.53. The van der Waals surface area contributed by atoms with E-state index in [0.29, 0.717) is 5.52 Å². The van der Waals surface area contributed by atoms with E-state index in [4.69, 9.17) is 33.7 Å². The monoisotopic (exact) mass is 686 g/mol. The molecule has 0 aliphatic carbocycles. The molecule has 4 rings (SSSR count). The maximum Gasteiger partial charge on any atom is 0.459 e. The summed E-state index contributed by atoms with van der Waals surface area (Å²) in [5.74, 6) is -3.17. The average molecular weight is 687 g/mol. The Morgan fingerprint density at radius 3 is 2.35 bits per heavy atom. The number of nitrogens with one attached hydrogen (secondary N) is 1. The second-order valence-corrected chi connectivity index (χ2v) is 13.3. The maximum atomic E-state index is 14.3. The van der Waals surface area contributed by atoms with Crippen molar-refractivity contribution in [2.24, 2.45) is 11.8 Å². The highest BCUT2D eigenvalue weighted by molar-refractivity contribution is 7.52. The van der Waals surface area contributed by atoms with Crippen molar-refractivity contribution >= 4 is 37.0 Å². The highest BCUT2D eigenvalue weighted by Gasteiger charge is 2.62. The van der Waals surface area contributed by atoms with Gasteiger partial charge in [-0.05, 0) is 38.1 Å². The van der Waals surface area contributed by atoms with Gasteiger partial charge >= 0.3 is 25.7 Å². The van der Waals surface area contributed by atoms with Gasteiger partial charge < -0.3 is 29.2 Å². The van der Waals surface area contributed by atoms with Gasteiger partial charge in [0.25, 0.3) is 0 Å². The van der Waals surface area contributed by atoms with Gasteiger partial charge in [0.2, 0.25) is 5.60 Å². The first kappa shape index (κ1) is 36.3. The number of para-hydroxylation sites is 1. The minimum atomic E-state index is -4.52. The summed E-state index contributed by atoms with van der Waals surface area (Å²) < 4.78 is 50.3. The molecule has 1 saturated heterocycles. The molecule has 1 unspecified atom stereocenters. The van der Waals surface area contributed by atoms with Gasteiger partial charge in [-0.15, -0.1) is 0 Å². The van der Waals surface area contributed by atoms with E-state index < -0.39 is 74.1 Å². The van der Waals surface area contributed by atoms with Crippen molar-refractivity contribution in [1.82, 2.24) is 19.7 Å². The summed E-state index contributed by atoms with van der Waals surface area (Å²) in [6.45, 7) is 8.60. The molecule has 1 aliphatic rings. The van der Waals surface area contributed by atoms with Gasteiger partial charge in [-0.3, -0.25) is 18.9 Å². The number of rotatable bonds is 14. The number of esters is 3. The minimum absolute atomic E-state index is 0.0622. The number of fused-ring (bicyclic) bond motifs is 1. The van der Waals surface area contributed by atoms with Crippen molar-refractivity contribution in [3.63, 3.8) is 0 Å². The zero-order valence-electron chi connectivity index (χ0n) is 27.4. The third-order valence-electron chi connectivity index (χ3n) is 7.23. The van der Waals surface area contributed by atoms with E-state index in [0.717, 1.165) is 0 Å². The second-order valence-electron chi connectivity index (χ2n) is 11.6. The fraction of sp³-hybridized carbons (Fsp3) is 0.484. The van der Waals surface area contributed by atoms with Crippen molar-refractivity contribution in [2.75, 3.05) is 18.9 Å². The molecular formula is C31H39N6O10P. The lowest BCUT2D eigenvalue weighted by Gasteiger charge is -2.31. The number of aromatic nitrogens is 3. The largest absolute Gasteiger partial charge is 0.465 e. The Morgan fingerprint density at radius 1 is 1.06 bits per heavy atom. The van der Waals surface area contributed by atoms with Crippen LogP contribution >= 0.6 is 7.75 Å². The van der Waals surface area contributed by atoms with E-state index in [9.17, 15) is 24.2 Å². The van der Waals surface area contributed by atoms with Gasteiger partial charge in [-0.1, -0.05) is 45.9 Å². The van der Waals surface area contributed by atoms with Crippen molar-refractivity contribution in [3.05, 3.63) is 54.5 Å². The molecule has 0 amide bonds. The number of benzene rings is 1. The van der Waals surface area contributed by atoms with Crippen molar-refractivity contribution < 1.29 is 46.9 Å². The number of ether oxygens (including phenoxy) is 4. The van der Waals surface area contributed by atoms with Crippen molar-refractivity contribution in [3.8, 4) is 11.8 Å². The van der Waals surface area contributed by atoms with E-state index in [1.54, 1.807) is 65.0 Å². The Kier molecular flexibility index (Phi) is 11.4. The average Bonchev–Trinajstić information content (AvgIpc) is 3.61. The van der Waals surface area contributed by atoms with Crippen LogP contribution in [0, 0.1) is 23.2 Å². The van der Waals surface area contributed by atoms with Gasteiger partial charge in [0.15, 0.2) is 18.0 Å². The number of carbonyl (C=O) groups excluding carboxylic acids is 3. The number of nitrogen functional groups attached to an aromatic ring is 1. The molecule has 48 heavy (non-hydrogen) atoms. The standard InChI is InChI=1S/C31H39N6O10P/c1-7-42-30(40)20(6)36-48(41,47-21-11-9-8-10-12-21)43-16-31(15-32)26(45-29(39)19(4)5)25(44-28(38)18(2)3)24(46-31)22-13-14-23-27(33)34-17-35-37(22)23/h8-14,17-20,24-26H,7,16H2,1-6H3,(H,36,41)(H2,33,34,35)/t20?,24-,25-,26-,31+,48-/m0/s1. The molecule has 0 spiro atoms. The summed E-state index contributed by atoms with van der Waals surface area (Å²) in [4.78, 5) is 42.6. The number of nitrogens with zero attached hydrogens (tertiary/aromatic N) is 4. The third kappa shape index (κ3) is 7.94. The van der Waals surface area contributed by atoms with Gasteiger partial charge in [0.05, 0.1) is 24.1 Å². The predicted molar refractivity (Wildman–Crippen MR) is 169 cm³/mol. The Morgan fingerprint density at radius 2 is 1.73 bits per heavy atom. The molecule has 1 aromatic carbocycles. The number of nitriles is 1. The van der Waals surface area contributed by atoms with Gasteiger partial charge in [0, 0.05) is 0 Å². The quantitative estimate of drug-likeness (QED) is 0.141. The third-order valence-corrected chi connectivity index (χ3v) is 8.86. The van der Waals surface area contributed by atoms with Crippen LogP contribution in [0.2, 0.25) is 0 Å². The molecule has 1 aliphatic heterocycles. The highest BCUT2D eigenvalue weighted by Crippen LogP contribution is 2.50. The van der Waals surface area contributed by atoms with Crippen LogP contribution in [0.1, 0.15) is 53.3 Å². The summed E-state index contributed by atoms with van der Waals surface area (Å²) in [6.07, 6.45) is -3.09. The second kappa shape index (κ2) is 15.1. The minimum Gasteiger partial charge on any atom is -0.465 e. The van der Waals surface area contributed by atoms with Gasteiger partial charge in [0.1, 0.15) is 42.4 Å². The molecule has 0 bridgehead atoms. The lowest BCUT2D eigenvalue weighted by atomic mass is 9.95. The molecule has 16 nitrogen and oxygen atoms in total. The van der Waals surface area contributed by atoms with Crippen molar-refractivity contribution in [2.45, 2.75) is 71.5 Å². The smallest absolute Gasteiger partial charge is 0.459 e. The molecule has 3 heterocycles. The molecule has 3 N–H and O–H groups in total. The van der Waals surface area contributed by atoms with E-state index >= 15 is 0 Å². The van der Waals surface area contributed by atoms with Crippen LogP contribution in [-0.4, -0.2) is 69.6 Å². The first-order valence-electron chi connectivity index (χ1n) is 15.3. The van der Waals surface area contributed by atoms with Crippen LogP contribution in [0.15, 0.2) is 48.8 Å². The normalized spacial score (nSPS) is 22.5. The van der Waals surface area contributed by atoms with Gasteiger partial charge in [-0.2, -0.15) is 15.4 Å². The van der Waals surface area contributed by atoms with E-state index in [-0.39, 0.29) is 23.9 Å². The Bertz CT molecular complexity index is 1710. The van der Waals surface area contributed by atoms with Crippen LogP contribution in [-0.2, 0) is 42.4 Å².